The summed E-state index contributed by atoms with van der Waals surface area (Å²) >= 11 is 0. The molecule has 2 aromatic rings. The van der Waals surface area contributed by atoms with Crippen LogP contribution in [0.5, 0.6) is 0 Å². The average molecular weight is 302 g/mol. The van der Waals surface area contributed by atoms with Gasteiger partial charge in [0, 0.05) is 31.9 Å². The highest BCUT2D eigenvalue weighted by Gasteiger charge is 2.03. The van der Waals surface area contributed by atoms with E-state index < -0.39 is 11.6 Å². The molecule has 0 saturated heterocycles. The van der Waals surface area contributed by atoms with Crippen LogP contribution in [0.15, 0.2) is 30.5 Å². The SMILES string of the molecule is CCCn1nccc1CNCc1cc(F)cc(F)c1.Cl. The molecule has 0 unspecified atom stereocenters. The van der Waals surface area contributed by atoms with Crippen LogP contribution in [0.25, 0.3) is 0 Å². The molecular weight excluding hydrogens is 284 g/mol. The smallest absolute Gasteiger partial charge is 0.126 e. The van der Waals surface area contributed by atoms with E-state index in [2.05, 4.69) is 17.3 Å². The second kappa shape index (κ2) is 7.97. The summed E-state index contributed by atoms with van der Waals surface area (Å²) in [6, 6.07) is 5.48. The van der Waals surface area contributed by atoms with Crippen LogP contribution in [0.2, 0.25) is 0 Å². The summed E-state index contributed by atoms with van der Waals surface area (Å²) in [6.07, 6.45) is 2.78. The molecule has 0 amide bonds. The Morgan fingerprint density at radius 1 is 1.15 bits per heavy atom. The first-order chi connectivity index (χ1) is 9.19. The van der Waals surface area contributed by atoms with Crippen molar-refractivity contribution in [2.75, 3.05) is 0 Å². The summed E-state index contributed by atoms with van der Waals surface area (Å²) in [5.74, 6) is -1.10. The fraction of sp³-hybridized carbons (Fsp3) is 0.357. The Labute approximate surface area is 123 Å². The molecule has 20 heavy (non-hydrogen) atoms. The number of aromatic nitrogens is 2. The third kappa shape index (κ3) is 4.58. The van der Waals surface area contributed by atoms with Crippen LogP contribution in [-0.2, 0) is 19.6 Å². The Balaban J connectivity index is 0.00000200. The first kappa shape index (κ1) is 16.6. The van der Waals surface area contributed by atoms with Gasteiger partial charge in [0.05, 0.1) is 5.69 Å². The van der Waals surface area contributed by atoms with Crippen molar-refractivity contribution in [1.29, 1.82) is 0 Å². The van der Waals surface area contributed by atoms with E-state index in [1.807, 2.05) is 10.7 Å². The number of nitrogens with one attached hydrogen (secondary N) is 1. The minimum absolute atomic E-state index is 0. The van der Waals surface area contributed by atoms with Crippen molar-refractivity contribution in [3.8, 4) is 0 Å². The Bertz CT molecular complexity index is 523. The van der Waals surface area contributed by atoms with E-state index in [4.69, 9.17) is 0 Å². The number of halogens is 3. The van der Waals surface area contributed by atoms with Gasteiger partial charge in [-0.3, -0.25) is 4.68 Å². The molecule has 0 radical (unpaired) electrons. The van der Waals surface area contributed by atoms with Gasteiger partial charge in [0.1, 0.15) is 11.6 Å². The van der Waals surface area contributed by atoms with Crippen molar-refractivity contribution in [2.24, 2.45) is 0 Å². The van der Waals surface area contributed by atoms with Crippen molar-refractivity contribution in [2.45, 2.75) is 33.0 Å². The van der Waals surface area contributed by atoms with Crippen LogP contribution in [0.1, 0.15) is 24.6 Å². The quantitative estimate of drug-likeness (QED) is 0.887. The molecule has 0 aliphatic carbocycles. The van der Waals surface area contributed by atoms with Gasteiger partial charge in [-0.2, -0.15) is 5.10 Å². The molecule has 0 spiro atoms. The number of hydrogen-bond acceptors (Lipinski definition) is 2. The van der Waals surface area contributed by atoms with Crippen LogP contribution < -0.4 is 5.32 Å². The molecular formula is C14H18ClF2N3. The van der Waals surface area contributed by atoms with Gasteiger partial charge in [0.25, 0.3) is 0 Å². The van der Waals surface area contributed by atoms with Crippen LogP contribution in [0, 0.1) is 11.6 Å². The van der Waals surface area contributed by atoms with Gasteiger partial charge in [0.2, 0.25) is 0 Å². The molecule has 1 N–H and O–H groups in total. The zero-order chi connectivity index (χ0) is 13.7. The summed E-state index contributed by atoms with van der Waals surface area (Å²) in [5.41, 5.74) is 1.66. The Morgan fingerprint density at radius 2 is 1.85 bits per heavy atom. The Hall–Kier alpha value is -1.46. The average Bonchev–Trinajstić information content (AvgIpc) is 2.76. The lowest BCUT2D eigenvalue weighted by molar-refractivity contribution is 0.545. The molecule has 2 rings (SSSR count). The normalized spacial score (nSPS) is 10.3. The number of aryl methyl sites for hydroxylation is 1. The van der Waals surface area contributed by atoms with Crippen molar-refractivity contribution in [3.63, 3.8) is 0 Å². The fourth-order valence-corrected chi connectivity index (χ4v) is 1.97. The summed E-state index contributed by atoms with van der Waals surface area (Å²) in [7, 11) is 0. The summed E-state index contributed by atoms with van der Waals surface area (Å²) in [4.78, 5) is 0. The van der Waals surface area contributed by atoms with Gasteiger partial charge in [-0.05, 0) is 30.2 Å². The number of hydrogen-bond donors (Lipinski definition) is 1. The van der Waals surface area contributed by atoms with E-state index in [9.17, 15) is 8.78 Å². The van der Waals surface area contributed by atoms with E-state index in [0.717, 1.165) is 24.7 Å². The topological polar surface area (TPSA) is 29.9 Å². The molecule has 3 nitrogen and oxygen atoms in total. The maximum atomic E-state index is 13.0. The molecule has 1 heterocycles. The fourth-order valence-electron chi connectivity index (χ4n) is 1.97. The lowest BCUT2D eigenvalue weighted by Gasteiger charge is -2.08. The monoisotopic (exact) mass is 301 g/mol. The molecule has 0 fully saturated rings. The molecule has 110 valence electrons. The second-order valence-electron chi connectivity index (χ2n) is 4.43. The predicted molar refractivity (Wildman–Crippen MR) is 76.7 cm³/mol. The van der Waals surface area contributed by atoms with Gasteiger partial charge in [-0.25, -0.2) is 8.78 Å². The van der Waals surface area contributed by atoms with E-state index in [1.54, 1.807) is 6.20 Å². The molecule has 6 heteroatoms. The molecule has 0 aliphatic rings. The van der Waals surface area contributed by atoms with Crippen molar-refractivity contribution >= 4 is 12.4 Å². The summed E-state index contributed by atoms with van der Waals surface area (Å²) < 4.78 is 28.0. The standard InChI is InChI=1S/C14H17F2N3.ClH/c1-2-5-19-14(3-4-18-19)10-17-9-11-6-12(15)8-13(16)7-11;/h3-4,6-8,17H,2,5,9-10H2,1H3;1H. The molecule has 0 bridgehead atoms. The van der Waals surface area contributed by atoms with Crippen molar-refractivity contribution in [3.05, 3.63) is 53.4 Å². The van der Waals surface area contributed by atoms with E-state index in [0.29, 0.717) is 18.7 Å². The van der Waals surface area contributed by atoms with Crippen molar-refractivity contribution < 1.29 is 8.78 Å². The Morgan fingerprint density at radius 3 is 2.50 bits per heavy atom. The highest BCUT2D eigenvalue weighted by Crippen LogP contribution is 2.08. The van der Waals surface area contributed by atoms with Gasteiger partial charge in [-0.15, -0.1) is 12.4 Å². The third-order valence-electron chi connectivity index (χ3n) is 2.80. The molecule has 1 aromatic carbocycles. The van der Waals surface area contributed by atoms with E-state index in [1.165, 1.54) is 12.1 Å². The molecule has 0 saturated carbocycles. The minimum Gasteiger partial charge on any atom is -0.307 e. The lowest BCUT2D eigenvalue weighted by atomic mass is 10.2. The molecule has 0 aliphatic heterocycles. The number of rotatable bonds is 6. The van der Waals surface area contributed by atoms with Gasteiger partial charge < -0.3 is 5.32 Å². The highest BCUT2D eigenvalue weighted by atomic mass is 35.5. The Kier molecular flexibility index (Phi) is 6.61. The number of benzene rings is 1. The van der Waals surface area contributed by atoms with E-state index in [-0.39, 0.29) is 12.4 Å². The lowest BCUT2D eigenvalue weighted by Crippen LogP contribution is -2.16. The van der Waals surface area contributed by atoms with Crippen LogP contribution in [0.4, 0.5) is 8.78 Å². The second-order valence-corrected chi connectivity index (χ2v) is 4.43. The van der Waals surface area contributed by atoms with Crippen LogP contribution in [-0.4, -0.2) is 9.78 Å². The highest BCUT2D eigenvalue weighted by molar-refractivity contribution is 5.85. The first-order valence-electron chi connectivity index (χ1n) is 6.35. The maximum Gasteiger partial charge on any atom is 0.126 e. The van der Waals surface area contributed by atoms with Gasteiger partial charge in [0.15, 0.2) is 0 Å². The molecule has 0 atom stereocenters. The first-order valence-corrected chi connectivity index (χ1v) is 6.35. The summed E-state index contributed by atoms with van der Waals surface area (Å²) in [5, 5.41) is 7.38. The molecule has 1 aromatic heterocycles. The largest absolute Gasteiger partial charge is 0.307 e. The van der Waals surface area contributed by atoms with Gasteiger partial charge in [-0.1, -0.05) is 6.92 Å². The predicted octanol–water partition coefficient (Wildman–Crippen LogP) is 3.28. The number of nitrogens with zero attached hydrogens (tertiary/aromatic N) is 2. The zero-order valence-corrected chi connectivity index (χ0v) is 12.1. The van der Waals surface area contributed by atoms with Gasteiger partial charge >= 0.3 is 0 Å². The zero-order valence-electron chi connectivity index (χ0n) is 11.3. The van der Waals surface area contributed by atoms with Crippen molar-refractivity contribution in [1.82, 2.24) is 15.1 Å². The third-order valence-corrected chi connectivity index (χ3v) is 2.80. The van der Waals surface area contributed by atoms with Crippen LogP contribution >= 0.6 is 12.4 Å². The van der Waals surface area contributed by atoms with Crippen LogP contribution in [0.3, 0.4) is 0 Å². The minimum atomic E-state index is -0.548. The summed E-state index contributed by atoms with van der Waals surface area (Å²) in [6.45, 7) is 4.01. The maximum absolute atomic E-state index is 13.0. The van der Waals surface area contributed by atoms with E-state index >= 15 is 0 Å².